The van der Waals surface area contributed by atoms with Crippen molar-refractivity contribution in [2.24, 2.45) is 0 Å². The Balaban J connectivity index is 2.19. The molecular formula is C11H22N2O3. The van der Waals surface area contributed by atoms with Gasteiger partial charge in [-0.2, -0.15) is 0 Å². The van der Waals surface area contributed by atoms with E-state index in [9.17, 15) is 4.79 Å². The van der Waals surface area contributed by atoms with E-state index in [0.29, 0.717) is 13.2 Å². The van der Waals surface area contributed by atoms with Crippen LogP contribution in [-0.4, -0.2) is 44.0 Å². The second-order valence-electron chi connectivity index (χ2n) is 4.66. The maximum Gasteiger partial charge on any atom is 0.407 e. The molecule has 0 spiro atoms. The van der Waals surface area contributed by atoms with Gasteiger partial charge in [-0.25, -0.2) is 4.79 Å². The first kappa shape index (κ1) is 13.3. The van der Waals surface area contributed by atoms with Gasteiger partial charge in [0.25, 0.3) is 0 Å². The zero-order chi connectivity index (χ0) is 12.0. The summed E-state index contributed by atoms with van der Waals surface area (Å²) in [5, 5.41) is 5.91. The van der Waals surface area contributed by atoms with Gasteiger partial charge in [0.15, 0.2) is 0 Å². The molecule has 1 aliphatic heterocycles. The maximum absolute atomic E-state index is 11.2. The molecule has 1 atom stereocenters. The van der Waals surface area contributed by atoms with E-state index in [0.717, 1.165) is 19.5 Å². The van der Waals surface area contributed by atoms with Crippen molar-refractivity contribution in [3.05, 3.63) is 0 Å². The van der Waals surface area contributed by atoms with Crippen LogP contribution >= 0.6 is 0 Å². The SMILES string of the molecule is CCCNC(=O)OCC1CNCC(C)(C)O1. The highest BCUT2D eigenvalue weighted by Gasteiger charge is 2.28. The number of hydrogen-bond acceptors (Lipinski definition) is 4. The van der Waals surface area contributed by atoms with Crippen LogP contribution in [0.1, 0.15) is 27.2 Å². The first-order chi connectivity index (χ1) is 7.53. The van der Waals surface area contributed by atoms with Crippen LogP contribution in [0.4, 0.5) is 4.79 Å². The first-order valence-electron chi connectivity index (χ1n) is 5.82. The Labute approximate surface area is 96.9 Å². The first-order valence-corrected chi connectivity index (χ1v) is 5.82. The third kappa shape index (κ3) is 4.81. The van der Waals surface area contributed by atoms with Crippen molar-refractivity contribution >= 4 is 6.09 Å². The highest BCUT2D eigenvalue weighted by Crippen LogP contribution is 2.15. The van der Waals surface area contributed by atoms with Crippen LogP contribution < -0.4 is 10.6 Å². The largest absolute Gasteiger partial charge is 0.447 e. The third-order valence-corrected chi connectivity index (χ3v) is 2.33. The summed E-state index contributed by atoms with van der Waals surface area (Å²) in [6.45, 7) is 8.53. The molecule has 2 N–H and O–H groups in total. The van der Waals surface area contributed by atoms with E-state index in [1.807, 2.05) is 20.8 Å². The normalized spacial score (nSPS) is 23.8. The molecule has 1 heterocycles. The number of carbonyl (C=O) groups excluding carboxylic acids is 1. The molecule has 1 amide bonds. The second kappa shape index (κ2) is 6.06. The second-order valence-corrected chi connectivity index (χ2v) is 4.66. The fourth-order valence-corrected chi connectivity index (χ4v) is 1.61. The summed E-state index contributed by atoms with van der Waals surface area (Å²) in [7, 11) is 0. The summed E-state index contributed by atoms with van der Waals surface area (Å²) in [6, 6.07) is 0. The molecule has 0 aromatic heterocycles. The standard InChI is InChI=1S/C11H22N2O3/c1-4-5-13-10(14)15-7-9-6-12-8-11(2,3)16-9/h9,12H,4-8H2,1-3H3,(H,13,14). The maximum atomic E-state index is 11.2. The van der Waals surface area contributed by atoms with Crippen molar-refractivity contribution in [3.63, 3.8) is 0 Å². The summed E-state index contributed by atoms with van der Waals surface area (Å²) in [5.41, 5.74) is -0.188. The Kier molecular flexibility index (Phi) is 5.02. The zero-order valence-electron chi connectivity index (χ0n) is 10.3. The molecule has 0 radical (unpaired) electrons. The van der Waals surface area contributed by atoms with Crippen LogP contribution in [-0.2, 0) is 9.47 Å². The summed E-state index contributed by atoms with van der Waals surface area (Å²) >= 11 is 0. The highest BCUT2D eigenvalue weighted by molar-refractivity contribution is 5.67. The zero-order valence-corrected chi connectivity index (χ0v) is 10.3. The summed E-state index contributed by atoms with van der Waals surface area (Å²) in [6.07, 6.45) is 0.480. The van der Waals surface area contributed by atoms with E-state index >= 15 is 0 Å². The predicted molar refractivity (Wildman–Crippen MR) is 61.5 cm³/mol. The van der Waals surface area contributed by atoms with E-state index < -0.39 is 0 Å². The number of morpholine rings is 1. The van der Waals surface area contributed by atoms with E-state index in [2.05, 4.69) is 10.6 Å². The van der Waals surface area contributed by atoms with Crippen LogP contribution in [0.2, 0.25) is 0 Å². The van der Waals surface area contributed by atoms with Gasteiger partial charge in [0.1, 0.15) is 12.7 Å². The number of alkyl carbamates (subject to hydrolysis) is 1. The van der Waals surface area contributed by atoms with Gasteiger partial charge in [-0.3, -0.25) is 0 Å². The average Bonchev–Trinajstić information content (AvgIpc) is 2.22. The van der Waals surface area contributed by atoms with Crippen molar-refractivity contribution in [3.8, 4) is 0 Å². The van der Waals surface area contributed by atoms with Crippen LogP contribution in [0, 0.1) is 0 Å². The van der Waals surface area contributed by atoms with Gasteiger partial charge in [0.2, 0.25) is 0 Å². The highest BCUT2D eigenvalue weighted by atomic mass is 16.6. The Morgan fingerprint density at radius 3 is 3.00 bits per heavy atom. The summed E-state index contributed by atoms with van der Waals surface area (Å²) in [4.78, 5) is 11.2. The Hall–Kier alpha value is -0.810. The van der Waals surface area contributed by atoms with Gasteiger partial charge in [0.05, 0.1) is 5.60 Å². The molecule has 5 heteroatoms. The molecule has 5 nitrogen and oxygen atoms in total. The quantitative estimate of drug-likeness (QED) is 0.753. The van der Waals surface area contributed by atoms with E-state index in [-0.39, 0.29) is 17.8 Å². The van der Waals surface area contributed by atoms with Gasteiger partial charge >= 0.3 is 6.09 Å². The van der Waals surface area contributed by atoms with Gasteiger partial charge < -0.3 is 20.1 Å². The predicted octanol–water partition coefficient (Wildman–Crippen LogP) is 0.890. The molecule has 1 aliphatic rings. The molecular weight excluding hydrogens is 208 g/mol. The average molecular weight is 230 g/mol. The minimum Gasteiger partial charge on any atom is -0.447 e. The van der Waals surface area contributed by atoms with Crippen molar-refractivity contribution in [1.82, 2.24) is 10.6 Å². The fraction of sp³-hybridized carbons (Fsp3) is 0.909. The number of carbonyl (C=O) groups is 1. The van der Waals surface area contributed by atoms with Crippen LogP contribution in [0.25, 0.3) is 0 Å². The van der Waals surface area contributed by atoms with Crippen molar-refractivity contribution in [1.29, 1.82) is 0 Å². The van der Waals surface area contributed by atoms with E-state index in [1.54, 1.807) is 0 Å². The smallest absolute Gasteiger partial charge is 0.407 e. The van der Waals surface area contributed by atoms with Crippen molar-refractivity contribution in [2.45, 2.75) is 38.9 Å². The number of amides is 1. The van der Waals surface area contributed by atoms with E-state index in [4.69, 9.17) is 9.47 Å². The summed E-state index contributed by atoms with van der Waals surface area (Å²) < 4.78 is 10.8. The van der Waals surface area contributed by atoms with Gasteiger partial charge in [-0.05, 0) is 20.3 Å². The van der Waals surface area contributed by atoms with Crippen LogP contribution in [0.5, 0.6) is 0 Å². The molecule has 0 bridgehead atoms. The molecule has 0 saturated carbocycles. The number of rotatable bonds is 4. The molecule has 94 valence electrons. The monoisotopic (exact) mass is 230 g/mol. The number of ether oxygens (including phenoxy) is 2. The Bertz CT molecular complexity index is 231. The molecule has 1 unspecified atom stereocenters. The number of nitrogens with one attached hydrogen (secondary N) is 2. The molecule has 0 aromatic rings. The fourth-order valence-electron chi connectivity index (χ4n) is 1.61. The Morgan fingerprint density at radius 2 is 2.38 bits per heavy atom. The third-order valence-electron chi connectivity index (χ3n) is 2.33. The van der Waals surface area contributed by atoms with Gasteiger partial charge in [-0.15, -0.1) is 0 Å². The lowest BCUT2D eigenvalue weighted by Gasteiger charge is -2.36. The lowest BCUT2D eigenvalue weighted by Crippen LogP contribution is -2.52. The van der Waals surface area contributed by atoms with Crippen LogP contribution in [0.15, 0.2) is 0 Å². The van der Waals surface area contributed by atoms with Crippen molar-refractivity contribution in [2.75, 3.05) is 26.2 Å². The number of hydrogen-bond donors (Lipinski definition) is 2. The topological polar surface area (TPSA) is 59.6 Å². The van der Waals surface area contributed by atoms with Gasteiger partial charge in [-0.1, -0.05) is 6.92 Å². The van der Waals surface area contributed by atoms with Crippen molar-refractivity contribution < 1.29 is 14.3 Å². The lowest BCUT2D eigenvalue weighted by atomic mass is 10.1. The Morgan fingerprint density at radius 1 is 1.62 bits per heavy atom. The molecule has 16 heavy (non-hydrogen) atoms. The molecule has 1 fully saturated rings. The molecule has 0 aromatic carbocycles. The molecule has 1 rings (SSSR count). The molecule has 0 aliphatic carbocycles. The van der Waals surface area contributed by atoms with Crippen LogP contribution in [0.3, 0.4) is 0 Å². The van der Waals surface area contributed by atoms with E-state index in [1.165, 1.54) is 0 Å². The van der Waals surface area contributed by atoms with Gasteiger partial charge in [0, 0.05) is 19.6 Å². The minimum absolute atomic E-state index is 0.0591. The summed E-state index contributed by atoms with van der Waals surface area (Å²) in [5.74, 6) is 0. The minimum atomic E-state index is -0.367. The lowest BCUT2D eigenvalue weighted by molar-refractivity contribution is -0.111. The molecule has 1 saturated heterocycles.